The van der Waals surface area contributed by atoms with Crippen LogP contribution < -0.4 is 0 Å². The zero-order valence-electron chi connectivity index (χ0n) is 8.53. The van der Waals surface area contributed by atoms with Crippen molar-refractivity contribution in [2.45, 2.75) is 19.1 Å². The maximum absolute atomic E-state index is 11.2. The molecule has 4 nitrogen and oxygen atoms in total. The highest BCUT2D eigenvalue weighted by Gasteiger charge is 2.40. The van der Waals surface area contributed by atoms with Gasteiger partial charge >= 0.3 is 11.9 Å². The average molecular weight is 285 g/mol. The van der Waals surface area contributed by atoms with E-state index in [1.165, 1.54) is 0 Å². The molecule has 0 amide bonds. The predicted molar refractivity (Wildman–Crippen MR) is 58.3 cm³/mol. The molecule has 0 bridgehead atoms. The standard InChI is InChI=1S/C11H9BrO4/c1-11(7-2-4-8(12)5-3-7)15-9(13)6-10(14)16-11/h2-5H,6H2,1H3. The van der Waals surface area contributed by atoms with E-state index in [1.54, 1.807) is 31.2 Å². The van der Waals surface area contributed by atoms with Gasteiger partial charge in [-0.05, 0) is 12.1 Å². The van der Waals surface area contributed by atoms with Crippen molar-refractivity contribution in [3.8, 4) is 0 Å². The molecule has 0 N–H and O–H groups in total. The predicted octanol–water partition coefficient (Wildman–Crippen LogP) is 2.11. The normalized spacial score (nSPS) is 18.9. The largest absolute Gasteiger partial charge is 0.418 e. The Kier molecular flexibility index (Phi) is 2.71. The van der Waals surface area contributed by atoms with E-state index in [0.717, 1.165) is 4.47 Å². The van der Waals surface area contributed by atoms with Gasteiger partial charge in [0.05, 0.1) is 0 Å². The van der Waals surface area contributed by atoms with Gasteiger partial charge < -0.3 is 9.47 Å². The number of esters is 2. The second-order valence-corrected chi connectivity index (χ2v) is 4.49. The molecule has 0 radical (unpaired) electrons. The van der Waals surface area contributed by atoms with Gasteiger partial charge in [0.2, 0.25) is 0 Å². The summed E-state index contributed by atoms with van der Waals surface area (Å²) < 4.78 is 11.0. The van der Waals surface area contributed by atoms with Crippen molar-refractivity contribution in [1.82, 2.24) is 0 Å². The molecule has 1 heterocycles. The Hall–Kier alpha value is -1.36. The Labute approximate surface area is 101 Å². The molecule has 1 fully saturated rings. The monoisotopic (exact) mass is 284 g/mol. The van der Waals surface area contributed by atoms with Crippen molar-refractivity contribution in [3.05, 3.63) is 34.3 Å². The molecule has 1 aromatic carbocycles. The minimum atomic E-state index is -1.31. The summed E-state index contributed by atoms with van der Waals surface area (Å²) in [4.78, 5) is 22.4. The molecule has 1 aliphatic heterocycles. The Morgan fingerprint density at radius 3 is 2.12 bits per heavy atom. The summed E-state index contributed by atoms with van der Waals surface area (Å²) in [7, 11) is 0. The SMILES string of the molecule is CC1(c2ccc(Br)cc2)OC(=O)CC(=O)O1. The summed E-state index contributed by atoms with van der Waals surface area (Å²) in [5.41, 5.74) is 0.622. The van der Waals surface area contributed by atoms with Crippen LogP contribution in [0, 0.1) is 0 Å². The quantitative estimate of drug-likeness (QED) is 0.586. The first-order valence-electron chi connectivity index (χ1n) is 4.69. The molecule has 0 saturated carbocycles. The fourth-order valence-corrected chi connectivity index (χ4v) is 1.78. The van der Waals surface area contributed by atoms with Crippen molar-refractivity contribution in [2.24, 2.45) is 0 Å². The summed E-state index contributed by atoms with van der Waals surface area (Å²) in [6.07, 6.45) is -0.327. The van der Waals surface area contributed by atoms with E-state index >= 15 is 0 Å². The van der Waals surface area contributed by atoms with Gasteiger partial charge in [0, 0.05) is 17.0 Å². The number of rotatable bonds is 1. The van der Waals surface area contributed by atoms with E-state index in [4.69, 9.17) is 9.47 Å². The molecule has 84 valence electrons. The topological polar surface area (TPSA) is 52.6 Å². The Morgan fingerprint density at radius 1 is 1.12 bits per heavy atom. The van der Waals surface area contributed by atoms with Crippen LogP contribution in [0.2, 0.25) is 0 Å². The maximum Gasteiger partial charge on any atom is 0.320 e. The number of hydrogen-bond acceptors (Lipinski definition) is 4. The number of benzene rings is 1. The van der Waals surface area contributed by atoms with Crippen LogP contribution >= 0.6 is 15.9 Å². The first-order valence-corrected chi connectivity index (χ1v) is 5.49. The zero-order chi connectivity index (χ0) is 11.8. The van der Waals surface area contributed by atoms with Crippen molar-refractivity contribution in [1.29, 1.82) is 0 Å². The number of halogens is 1. The number of ether oxygens (including phenoxy) is 2. The number of carbonyl (C=O) groups is 2. The van der Waals surface area contributed by atoms with Gasteiger partial charge in [-0.25, -0.2) is 0 Å². The average Bonchev–Trinajstić information content (AvgIpc) is 2.16. The lowest BCUT2D eigenvalue weighted by atomic mass is 10.1. The van der Waals surface area contributed by atoms with Crippen LogP contribution in [-0.2, 0) is 24.8 Å². The highest BCUT2D eigenvalue weighted by atomic mass is 79.9. The number of hydrogen-bond donors (Lipinski definition) is 0. The molecule has 1 aromatic rings. The Bertz CT molecular complexity index is 422. The third-order valence-corrected chi connectivity index (χ3v) is 2.80. The fraction of sp³-hybridized carbons (Fsp3) is 0.273. The zero-order valence-corrected chi connectivity index (χ0v) is 10.1. The summed E-state index contributed by atoms with van der Waals surface area (Å²) >= 11 is 3.30. The van der Waals surface area contributed by atoms with Gasteiger partial charge in [-0.1, -0.05) is 28.1 Å². The van der Waals surface area contributed by atoms with E-state index in [1.807, 2.05) is 0 Å². The summed E-state index contributed by atoms with van der Waals surface area (Å²) in [6, 6.07) is 7.04. The minimum Gasteiger partial charge on any atom is -0.418 e. The fourth-order valence-electron chi connectivity index (χ4n) is 1.52. The number of cyclic esters (lactones) is 2. The molecule has 5 heteroatoms. The van der Waals surface area contributed by atoms with Gasteiger partial charge in [-0.3, -0.25) is 9.59 Å². The van der Waals surface area contributed by atoms with Gasteiger partial charge in [-0.15, -0.1) is 0 Å². The molecule has 2 rings (SSSR count). The van der Waals surface area contributed by atoms with Crippen molar-refractivity contribution >= 4 is 27.9 Å². The van der Waals surface area contributed by atoms with E-state index in [9.17, 15) is 9.59 Å². The molecule has 1 saturated heterocycles. The van der Waals surface area contributed by atoms with Crippen molar-refractivity contribution in [3.63, 3.8) is 0 Å². The molecule has 16 heavy (non-hydrogen) atoms. The molecule has 1 aliphatic rings. The summed E-state index contributed by atoms with van der Waals surface area (Å²) in [6.45, 7) is 1.55. The molecule has 0 aromatic heterocycles. The van der Waals surface area contributed by atoms with Crippen LogP contribution in [0.1, 0.15) is 18.9 Å². The Balaban J connectivity index is 2.33. The van der Waals surface area contributed by atoms with Crippen molar-refractivity contribution < 1.29 is 19.1 Å². The van der Waals surface area contributed by atoms with E-state index in [0.29, 0.717) is 5.56 Å². The first kappa shape index (κ1) is 11.1. The summed E-state index contributed by atoms with van der Waals surface area (Å²) in [5.74, 6) is -2.45. The first-order chi connectivity index (χ1) is 7.49. The van der Waals surface area contributed by atoms with Gasteiger partial charge in [0.15, 0.2) is 0 Å². The van der Waals surface area contributed by atoms with Gasteiger partial charge in [0.25, 0.3) is 5.79 Å². The van der Waals surface area contributed by atoms with E-state index in [-0.39, 0.29) is 6.42 Å². The maximum atomic E-state index is 11.2. The molecular weight excluding hydrogens is 276 g/mol. The van der Waals surface area contributed by atoms with Gasteiger partial charge in [-0.2, -0.15) is 0 Å². The van der Waals surface area contributed by atoms with E-state index < -0.39 is 17.7 Å². The summed E-state index contributed by atoms with van der Waals surface area (Å²) in [5, 5.41) is 0. The second kappa shape index (κ2) is 3.90. The lowest BCUT2D eigenvalue weighted by molar-refractivity contribution is -0.242. The lowest BCUT2D eigenvalue weighted by Crippen LogP contribution is -2.40. The van der Waals surface area contributed by atoms with Crippen LogP contribution in [-0.4, -0.2) is 11.9 Å². The van der Waals surface area contributed by atoms with Crippen LogP contribution in [0.4, 0.5) is 0 Å². The third kappa shape index (κ3) is 2.09. The molecular formula is C11H9BrO4. The van der Waals surface area contributed by atoms with Crippen LogP contribution in [0.25, 0.3) is 0 Å². The smallest absolute Gasteiger partial charge is 0.320 e. The third-order valence-electron chi connectivity index (χ3n) is 2.27. The lowest BCUT2D eigenvalue weighted by Gasteiger charge is -2.32. The minimum absolute atomic E-state index is 0.327. The molecule has 0 unspecified atom stereocenters. The van der Waals surface area contributed by atoms with Crippen LogP contribution in [0.5, 0.6) is 0 Å². The number of carbonyl (C=O) groups excluding carboxylic acids is 2. The molecule has 0 spiro atoms. The van der Waals surface area contributed by atoms with E-state index in [2.05, 4.69) is 15.9 Å². The highest BCUT2D eigenvalue weighted by molar-refractivity contribution is 9.10. The molecule has 0 atom stereocenters. The van der Waals surface area contributed by atoms with Crippen LogP contribution in [0.3, 0.4) is 0 Å². The molecule has 0 aliphatic carbocycles. The van der Waals surface area contributed by atoms with Crippen LogP contribution in [0.15, 0.2) is 28.7 Å². The highest BCUT2D eigenvalue weighted by Crippen LogP contribution is 2.31. The van der Waals surface area contributed by atoms with Crippen molar-refractivity contribution in [2.75, 3.05) is 0 Å². The Morgan fingerprint density at radius 2 is 1.62 bits per heavy atom. The second-order valence-electron chi connectivity index (χ2n) is 3.58. The van der Waals surface area contributed by atoms with Gasteiger partial charge in [0.1, 0.15) is 6.42 Å².